The first-order chi connectivity index (χ1) is 23.4. The van der Waals surface area contributed by atoms with Crippen LogP contribution in [0.1, 0.15) is 58.9 Å². The zero-order chi connectivity index (χ0) is 35.3. The van der Waals surface area contributed by atoms with Crippen molar-refractivity contribution in [3.05, 3.63) is 86.9 Å². The number of carboxylic acids is 1. The summed E-state index contributed by atoms with van der Waals surface area (Å²) in [7, 11) is 0. The first-order valence-electron chi connectivity index (χ1n) is 16.9. The Morgan fingerprint density at radius 1 is 1.33 bits per heavy atom. The summed E-state index contributed by atoms with van der Waals surface area (Å²) in [6.45, 7) is 11.6. The standard InChI is InChI=1S/C37H46FN5O5S/c1-6-48-35(45)31-30(40-33(34-39-16-18-49-34)41-32(31)28-9-7-8-10-29(38)24(28)3)21-42-17-15-23(2)25(19-42)20-43(22-44)27-13-11-26(12-14-27)37(4,5)36(46)47/h7-8,10-13,16,18,22-23,25,27,32H,6,9,14-15,17,19-21H2,1-5H3,(H,40,41)(H,46,47)/t23?,25?,27?,32-/m0/s1. The molecule has 0 aromatic carbocycles. The zero-order valence-electron chi connectivity index (χ0n) is 28.8. The Kier molecular flexibility index (Phi) is 11.5. The Balaban J connectivity index is 1.41. The van der Waals surface area contributed by atoms with Gasteiger partial charge < -0.3 is 20.1 Å². The molecule has 1 aromatic rings. The van der Waals surface area contributed by atoms with Gasteiger partial charge in [0, 0.05) is 36.9 Å². The van der Waals surface area contributed by atoms with Crippen LogP contribution in [0.2, 0.25) is 0 Å². The molecule has 3 heterocycles. The third-order valence-corrected chi connectivity index (χ3v) is 10.8. The number of nitrogens with zero attached hydrogens (tertiary/aromatic N) is 4. The SMILES string of the molecule is CCOC(=O)C1=C(CN2CCC(C)C(CN(C=O)C3C=CC(C(C)(C)C(=O)O)=CC3)C2)NC(c2nccs2)=N[C@H]1C1=C(C)C(F)=CC=CC1. The number of ether oxygens (including phenoxy) is 1. The molecule has 0 bridgehead atoms. The number of amidine groups is 1. The maximum atomic E-state index is 15.1. The second-order valence-electron chi connectivity index (χ2n) is 13.6. The lowest BCUT2D eigenvalue weighted by Gasteiger charge is -2.41. The number of allylic oxidation sites excluding steroid dienone is 6. The van der Waals surface area contributed by atoms with E-state index in [-0.39, 0.29) is 24.4 Å². The molecule has 5 rings (SSSR count). The lowest BCUT2D eigenvalue weighted by atomic mass is 9.80. The number of hydrogen-bond donors (Lipinski definition) is 2. The van der Waals surface area contributed by atoms with Crippen LogP contribution in [0.5, 0.6) is 0 Å². The minimum atomic E-state index is -1.01. The molecule has 10 nitrogen and oxygen atoms in total. The second-order valence-corrected chi connectivity index (χ2v) is 14.5. The molecule has 1 aromatic heterocycles. The average Bonchev–Trinajstić information content (AvgIpc) is 3.58. The molecule has 4 atom stereocenters. The number of carbonyl (C=O) groups is 3. The number of aliphatic imine (C=N–C) groups is 1. The summed E-state index contributed by atoms with van der Waals surface area (Å²) >= 11 is 1.43. The Hall–Kier alpha value is -4.16. The van der Waals surface area contributed by atoms with Crippen molar-refractivity contribution in [2.75, 3.05) is 32.8 Å². The fraction of sp³-hybridized carbons (Fsp3) is 0.486. The van der Waals surface area contributed by atoms with E-state index in [1.54, 1.807) is 40.0 Å². The monoisotopic (exact) mass is 691 g/mol. The highest BCUT2D eigenvalue weighted by atomic mass is 32.1. The van der Waals surface area contributed by atoms with Crippen LogP contribution in [0.4, 0.5) is 4.39 Å². The Morgan fingerprint density at radius 2 is 2.12 bits per heavy atom. The number of esters is 1. The van der Waals surface area contributed by atoms with E-state index in [0.717, 1.165) is 24.9 Å². The van der Waals surface area contributed by atoms with Crippen molar-refractivity contribution in [3.63, 3.8) is 0 Å². The van der Waals surface area contributed by atoms with Gasteiger partial charge >= 0.3 is 11.9 Å². The summed E-state index contributed by atoms with van der Waals surface area (Å²) in [6, 6.07) is -0.924. The molecule has 262 valence electrons. The molecule has 1 amide bonds. The number of aliphatic carboxylic acids is 1. The molecule has 1 saturated heterocycles. The van der Waals surface area contributed by atoms with E-state index in [1.807, 2.05) is 34.6 Å². The van der Waals surface area contributed by atoms with Gasteiger partial charge in [0.1, 0.15) is 11.9 Å². The summed E-state index contributed by atoms with van der Waals surface area (Å²) in [5, 5.41) is 15.6. The van der Waals surface area contributed by atoms with Crippen LogP contribution in [-0.2, 0) is 19.1 Å². The highest BCUT2D eigenvalue weighted by Gasteiger charge is 2.38. The van der Waals surface area contributed by atoms with Gasteiger partial charge in [-0.25, -0.2) is 14.2 Å². The van der Waals surface area contributed by atoms with Crippen LogP contribution in [0, 0.1) is 17.3 Å². The van der Waals surface area contributed by atoms with Crippen LogP contribution in [0.25, 0.3) is 0 Å². The third kappa shape index (κ3) is 8.02. The number of piperidine rings is 1. The summed E-state index contributed by atoms with van der Waals surface area (Å²) in [5.41, 5.74) is 1.88. The van der Waals surface area contributed by atoms with E-state index in [0.29, 0.717) is 71.7 Å². The van der Waals surface area contributed by atoms with E-state index < -0.39 is 23.4 Å². The second kappa shape index (κ2) is 15.6. The molecule has 2 aliphatic heterocycles. The molecule has 2 N–H and O–H groups in total. The Morgan fingerprint density at radius 3 is 2.78 bits per heavy atom. The van der Waals surface area contributed by atoms with E-state index in [9.17, 15) is 19.5 Å². The molecule has 2 aliphatic carbocycles. The summed E-state index contributed by atoms with van der Waals surface area (Å²) in [4.78, 5) is 51.4. The average molecular weight is 692 g/mol. The van der Waals surface area contributed by atoms with E-state index in [1.165, 1.54) is 17.4 Å². The number of nitrogens with one attached hydrogen (secondary N) is 1. The van der Waals surface area contributed by atoms with Gasteiger partial charge in [-0.3, -0.25) is 19.5 Å². The highest BCUT2D eigenvalue weighted by molar-refractivity contribution is 7.11. The smallest absolute Gasteiger partial charge is 0.338 e. The minimum Gasteiger partial charge on any atom is -0.481 e. The van der Waals surface area contributed by atoms with E-state index in [2.05, 4.69) is 22.1 Å². The third-order valence-electron chi connectivity index (χ3n) is 10.1. The summed E-state index contributed by atoms with van der Waals surface area (Å²) in [6.07, 6.45) is 15.1. The van der Waals surface area contributed by atoms with Crippen molar-refractivity contribution in [2.45, 2.75) is 66.0 Å². The zero-order valence-corrected chi connectivity index (χ0v) is 29.6. The van der Waals surface area contributed by atoms with Gasteiger partial charge in [-0.1, -0.05) is 37.3 Å². The van der Waals surface area contributed by atoms with Gasteiger partial charge in [-0.05, 0) is 88.1 Å². The number of halogens is 1. The highest BCUT2D eigenvalue weighted by Crippen LogP contribution is 2.35. The largest absolute Gasteiger partial charge is 0.481 e. The summed E-state index contributed by atoms with van der Waals surface area (Å²) in [5.74, 6) is -0.721. The van der Waals surface area contributed by atoms with E-state index in [4.69, 9.17) is 9.73 Å². The van der Waals surface area contributed by atoms with Gasteiger partial charge in [0.2, 0.25) is 6.41 Å². The van der Waals surface area contributed by atoms with Gasteiger partial charge in [-0.15, -0.1) is 11.3 Å². The molecular weight excluding hydrogens is 646 g/mol. The van der Waals surface area contributed by atoms with Crippen molar-refractivity contribution >= 4 is 35.5 Å². The van der Waals surface area contributed by atoms with Crippen molar-refractivity contribution in [1.82, 2.24) is 20.1 Å². The van der Waals surface area contributed by atoms with Crippen LogP contribution < -0.4 is 5.32 Å². The number of hydrogen-bond acceptors (Lipinski definition) is 9. The Labute approximate surface area is 291 Å². The van der Waals surface area contributed by atoms with Gasteiger partial charge in [-0.2, -0.15) is 0 Å². The molecule has 0 radical (unpaired) electrons. The fourth-order valence-electron chi connectivity index (χ4n) is 6.77. The van der Waals surface area contributed by atoms with Crippen LogP contribution in [0.15, 0.2) is 86.8 Å². The quantitative estimate of drug-likeness (QED) is 0.215. The summed E-state index contributed by atoms with van der Waals surface area (Å²) < 4.78 is 20.7. The van der Waals surface area contributed by atoms with Crippen LogP contribution >= 0.6 is 11.3 Å². The number of likely N-dealkylation sites (tertiary alicyclic amines) is 1. The predicted molar refractivity (Wildman–Crippen MR) is 188 cm³/mol. The molecule has 49 heavy (non-hydrogen) atoms. The first-order valence-corrected chi connectivity index (χ1v) is 17.7. The van der Waals surface area contributed by atoms with Gasteiger partial charge in [0.25, 0.3) is 0 Å². The van der Waals surface area contributed by atoms with Crippen LogP contribution in [-0.4, -0.2) is 88.9 Å². The molecular formula is C37H46FN5O5S. The minimum absolute atomic E-state index is 0.155. The lowest BCUT2D eigenvalue weighted by molar-refractivity contribution is -0.144. The normalized spacial score (nSPS) is 24.8. The topological polar surface area (TPSA) is 124 Å². The molecule has 1 fully saturated rings. The number of amides is 1. The van der Waals surface area contributed by atoms with Crippen molar-refractivity contribution < 1.29 is 28.6 Å². The number of thiazole rings is 1. The molecule has 3 unspecified atom stereocenters. The number of rotatable bonds is 12. The van der Waals surface area contributed by atoms with E-state index >= 15 is 4.39 Å². The fourth-order valence-corrected chi connectivity index (χ4v) is 7.35. The maximum Gasteiger partial charge on any atom is 0.338 e. The number of aromatic nitrogens is 1. The molecule has 4 aliphatic rings. The van der Waals surface area contributed by atoms with Crippen LogP contribution in [0.3, 0.4) is 0 Å². The first kappa shape index (κ1) is 36.1. The molecule has 0 saturated carbocycles. The lowest BCUT2D eigenvalue weighted by Crippen LogP contribution is -2.49. The number of carbonyl (C=O) groups excluding carboxylic acids is 2. The van der Waals surface area contributed by atoms with Crippen molar-refractivity contribution in [2.24, 2.45) is 22.2 Å². The van der Waals surface area contributed by atoms with Gasteiger partial charge in [0.05, 0.1) is 23.6 Å². The molecule has 0 spiro atoms. The maximum absolute atomic E-state index is 15.1. The Bertz CT molecular complexity index is 1650. The predicted octanol–water partition coefficient (Wildman–Crippen LogP) is 5.59. The van der Waals surface area contributed by atoms with Crippen molar-refractivity contribution in [1.29, 1.82) is 0 Å². The van der Waals surface area contributed by atoms with Crippen molar-refractivity contribution in [3.8, 4) is 0 Å². The molecule has 12 heteroatoms. The number of carboxylic acid groups (broad SMARTS) is 1. The van der Waals surface area contributed by atoms with Gasteiger partial charge in [0.15, 0.2) is 10.8 Å².